The first-order chi connectivity index (χ1) is 9.22. The fraction of sp³-hybridized carbons (Fsp3) is 0.429. The zero-order valence-corrected chi connectivity index (χ0v) is 11.0. The van der Waals surface area contributed by atoms with Crippen LogP contribution in [0.1, 0.15) is 5.56 Å². The van der Waals surface area contributed by atoms with Crippen LogP contribution in [-0.2, 0) is 11.3 Å². The van der Waals surface area contributed by atoms with Crippen molar-refractivity contribution in [2.45, 2.75) is 18.7 Å². The van der Waals surface area contributed by atoms with Crippen molar-refractivity contribution in [2.24, 2.45) is 0 Å². The molecule has 0 unspecified atom stereocenters. The summed E-state index contributed by atoms with van der Waals surface area (Å²) < 4.78 is 5.13. The van der Waals surface area contributed by atoms with E-state index in [2.05, 4.69) is 5.32 Å². The molecule has 1 rings (SSSR count). The lowest BCUT2D eigenvalue weighted by Crippen LogP contribution is -2.43. The van der Waals surface area contributed by atoms with Crippen LogP contribution in [0.15, 0.2) is 42.2 Å². The molecule has 106 valence electrons. The molecular weight excluding hydrogens is 246 g/mol. The first kappa shape index (κ1) is 15.7. The van der Waals surface area contributed by atoms with Gasteiger partial charge in [-0.25, -0.2) is 0 Å². The Morgan fingerprint density at radius 1 is 1.32 bits per heavy atom. The number of benzene rings is 1. The molecule has 19 heavy (non-hydrogen) atoms. The minimum absolute atomic E-state index is 0.190. The molecule has 0 radical (unpaired) electrons. The second-order valence-corrected chi connectivity index (χ2v) is 4.09. The van der Waals surface area contributed by atoms with Gasteiger partial charge >= 0.3 is 0 Å². The fourth-order valence-corrected chi connectivity index (χ4v) is 1.78. The lowest BCUT2D eigenvalue weighted by Gasteiger charge is -2.24. The third kappa shape index (κ3) is 5.00. The van der Waals surface area contributed by atoms with Crippen LogP contribution in [0.3, 0.4) is 0 Å². The summed E-state index contributed by atoms with van der Waals surface area (Å²) in [6, 6.07) is 9.12. The Labute approximate surface area is 113 Å². The Morgan fingerprint density at radius 2 is 2.00 bits per heavy atom. The number of aliphatic hydroxyl groups is 3. The molecule has 0 fully saturated rings. The summed E-state index contributed by atoms with van der Waals surface area (Å²) in [7, 11) is 1.46. The molecule has 0 saturated heterocycles. The molecule has 5 heteroatoms. The standard InChI is InChI=1S/C14H21NO4/c1-19-13(7-8-16)14(12(18)10-17)15-9-11-5-3-2-4-6-11/h2-7,12,14-18H,8-10H2,1H3/b13-7+/t12-,14+/m1/s1. The van der Waals surface area contributed by atoms with Gasteiger partial charge in [-0.2, -0.15) is 0 Å². The van der Waals surface area contributed by atoms with Crippen LogP contribution in [0.25, 0.3) is 0 Å². The highest BCUT2D eigenvalue weighted by atomic mass is 16.5. The summed E-state index contributed by atoms with van der Waals surface area (Å²) in [4.78, 5) is 0. The first-order valence-electron chi connectivity index (χ1n) is 6.14. The second kappa shape index (κ2) is 8.66. The average Bonchev–Trinajstić information content (AvgIpc) is 2.46. The first-order valence-corrected chi connectivity index (χ1v) is 6.14. The van der Waals surface area contributed by atoms with Crippen LogP contribution in [-0.4, -0.2) is 47.8 Å². The van der Waals surface area contributed by atoms with Gasteiger partial charge in [-0.3, -0.25) is 0 Å². The molecule has 0 amide bonds. The number of nitrogens with one attached hydrogen (secondary N) is 1. The van der Waals surface area contributed by atoms with Crippen molar-refractivity contribution >= 4 is 0 Å². The highest BCUT2D eigenvalue weighted by molar-refractivity contribution is 5.15. The Balaban J connectivity index is 2.72. The van der Waals surface area contributed by atoms with Gasteiger partial charge in [0, 0.05) is 6.54 Å². The van der Waals surface area contributed by atoms with Crippen molar-refractivity contribution in [1.82, 2.24) is 5.32 Å². The number of rotatable bonds is 8. The van der Waals surface area contributed by atoms with Crippen molar-refractivity contribution in [2.75, 3.05) is 20.3 Å². The van der Waals surface area contributed by atoms with Gasteiger partial charge in [0.25, 0.3) is 0 Å². The molecule has 5 nitrogen and oxygen atoms in total. The molecule has 2 atom stereocenters. The molecule has 1 aromatic carbocycles. The maximum Gasteiger partial charge on any atom is 0.113 e. The number of hydrogen-bond donors (Lipinski definition) is 4. The van der Waals surface area contributed by atoms with E-state index >= 15 is 0 Å². The molecule has 0 aliphatic rings. The van der Waals surface area contributed by atoms with Gasteiger partial charge in [0.2, 0.25) is 0 Å². The van der Waals surface area contributed by atoms with Crippen LogP contribution < -0.4 is 5.32 Å². The predicted octanol–water partition coefficient (Wildman–Crippen LogP) is 0.0206. The Hall–Kier alpha value is -1.40. The fourth-order valence-electron chi connectivity index (χ4n) is 1.78. The zero-order chi connectivity index (χ0) is 14.1. The molecule has 0 aliphatic carbocycles. The minimum Gasteiger partial charge on any atom is -0.500 e. The highest BCUT2D eigenvalue weighted by Crippen LogP contribution is 2.09. The van der Waals surface area contributed by atoms with Crippen molar-refractivity contribution in [1.29, 1.82) is 0 Å². The average molecular weight is 267 g/mol. The summed E-state index contributed by atoms with van der Waals surface area (Å²) in [5, 5.41) is 30.9. The van der Waals surface area contributed by atoms with E-state index < -0.39 is 18.8 Å². The SMILES string of the molecule is CO/C(=C/CO)[C@@H](NCc1ccccc1)[C@H](O)CO. The van der Waals surface area contributed by atoms with Crippen molar-refractivity contribution in [3.05, 3.63) is 47.7 Å². The molecule has 1 aromatic rings. The summed E-state index contributed by atoms with van der Waals surface area (Å²) >= 11 is 0. The lowest BCUT2D eigenvalue weighted by atomic mass is 10.1. The van der Waals surface area contributed by atoms with E-state index in [-0.39, 0.29) is 6.61 Å². The lowest BCUT2D eigenvalue weighted by molar-refractivity contribution is 0.0543. The van der Waals surface area contributed by atoms with Crippen LogP contribution >= 0.6 is 0 Å². The van der Waals surface area contributed by atoms with E-state index in [0.717, 1.165) is 5.56 Å². The number of ether oxygens (including phenoxy) is 1. The van der Waals surface area contributed by atoms with Gasteiger partial charge < -0.3 is 25.4 Å². The van der Waals surface area contributed by atoms with E-state index in [0.29, 0.717) is 12.3 Å². The van der Waals surface area contributed by atoms with Crippen LogP contribution in [0.4, 0.5) is 0 Å². The molecule has 0 aromatic heterocycles. The Bertz CT molecular complexity index is 380. The second-order valence-electron chi connectivity index (χ2n) is 4.09. The van der Waals surface area contributed by atoms with E-state index in [9.17, 15) is 5.11 Å². The van der Waals surface area contributed by atoms with Gasteiger partial charge in [0.15, 0.2) is 0 Å². The third-order valence-electron chi connectivity index (χ3n) is 2.78. The van der Waals surface area contributed by atoms with E-state index in [1.807, 2.05) is 30.3 Å². The molecule has 0 heterocycles. The smallest absolute Gasteiger partial charge is 0.113 e. The van der Waals surface area contributed by atoms with Crippen molar-refractivity contribution < 1.29 is 20.1 Å². The van der Waals surface area contributed by atoms with Crippen LogP contribution in [0, 0.1) is 0 Å². The minimum atomic E-state index is -0.999. The number of methoxy groups -OCH3 is 1. The predicted molar refractivity (Wildman–Crippen MR) is 72.3 cm³/mol. The maximum atomic E-state index is 9.81. The van der Waals surface area contributed by atoms with E-state index in [1.54, 1.807) is 0 Å². The summed E-state index contributed by atoms with van der Waals surface area (Å²) in [6.07, 6.45) is 0.461. The molecule has 0 aliphatic heterocycles. The Morgan fingerprint density at radius 3 is 2.53 bits per heavy atom. The molecule has 0 saturated carbocycles. The molecule has 4 N–H and O–H groups in total. The van der Waals surface area contributed by atoms with Gasteiger partial charge in [0.1, 0.15) is 5.76 Å². The molecular formula is C14H21NO4. The largest absolute Gasteiger partial charge is 0.500 e. The molecule has 0 bridgehead atoms. The van der Waals surface area contributed by atoms with E-state index in [1.165, 1.54) is 13.2 Å². The Kier molecular flexibility index (Phi) is 7.14. The van der Waals surface area contributed by atoms with Gasteiger partial charge in [-0.05, 0) is 11.6 Å². The quantitative estimate of drug-likeness (QED) is 0.499. The van der Waals surface area contributed by atoms with Crippen molar-refractivity contribution in [3.63, 3.8) is 0 Å². The summed E-state index contributed by atoms with van der Waals surface area (Å²) in [6.45, 7) is -0.0574. The van der Waals surface area contributed by atoms with Gasteiger partial charge in [-0.1, -0.05) is 30.3 Å². The summed E-state index contributed by atoms with van der Waals surface area (Å²) in [5.41, 5.74) is 1.05. The van der Waals surface area contributed by atoms with Crippen molar-refractivity contribution in [3.8, 4) is 0 Å². The van der Waals surface area contributed by atoms with Gasteiger partial charge in [-0.15, -0.1) is 0 Å². The van der Waals surface area contributed by atoms with Crippen LogP contribution in [0.2, 0.25) is 0 Å². The number of aliphatic hydroxyl groups excluding tert-OH is 3. The topological polar surface area (TPSA) is 82.0 Å². The third-order valence-corrected chi connectivity index (χ3v) is 2.78. The molecule has 0 spiro atoms. The maximum absolute atomic E-state index is 9.81. The van der Waals surface area contributed by atoms with Gasteiger partial charge in [0.05, 0.1) is 32.5 Å². The van der Waals surface area contributed by atoms with E-state index in [4.69, 9.17) is 14.9 Å². The summed E-state index contributed by atoms with van der Waals surface area (Å²) in [5.74, 6) is 0.403. The number of hydrogen-bond acceptors (Lipinski definition) is 5. The van der Waals surface area contributed by atoms with Crippen LogP contribution in [0.5, 0.6) is 0 Å². The zero-order valence-electron chi connectivity index (χ0n) is 11.0. The monoisotopic (exact) mass is 267 g/mol. The normalized spacial score (nSPS) is 15.1. The highest BCUT2D eigenvalue weighted by Gasteiger charge is 2.23.